The van der Waals surface area contributed by atoms with Crippen LogP contribution < -0.4 is 5.73 Å². The second-order valence-corrected chi connectivity index (χ2v) is 4.17. The molecule has 0 fully saturated rings. The van der Waals surface area contributed by atoms with Gasteiger partial charge >= 0.3 is 0 Å². The number of nitrogens with zero attached hydrogens (tertiary/aromatic N) is 4. The van der Waals surface area contributed by atoms with Crippen molar-refractivity contribution in [2.24, 2.45) is 0 Å². The number of aromatic nitrogens is 4. The van der Waals surface area contributed by atoms with E-state index in [4.69, 9.17) is 5.73 Å². The summed E-state index contributed by atoms with van der Waals surface area (Å²) in [5, 5.41) is 11.2. The van der Waals surface area contributed by atoms with Crippen LogP contribution in [0.3, 0.4) is 0 Å². The molecule has 0 aliphatic heterocycles. The summed E-state index contributed by atoms with van der Waals surface area (Å²) in [6.07, 6.45) is 0. The summed E-state index contributed by atoms with van der Waals surface area (Å²) in [4.78, 5) is 0. The van der Waals surface area contributed by atoms with E-state index in [1.165, 1.54) is 35.0 Å². The largest absolute Gasteiger partial charge is 0.399 e. The molecule has 0 atom stereocenters. The molecule has 0 unspecified atom stereocenters. The predicted octanol–water partition coefficient (Wildman–Crippen LogP) is 2.19. The Hall–Kier alpha value is -2.83. The molecule has 1 heterocycles. The summed E-state index contributed by atoms with van der Waals surface area (Å²) in [5.41, 5.74) is 6.71. The molecule has 2 aromatic carbocycles. The molecular weight excluding hydrogens is 264 g/mol. The fourth-order valence-electron chi connectivity index (χ4n) is 1.89. The average molecular weight is 273 g/mol. The maximum Gasteiger partial charge on any atom is 0.187 e. The van der Waals surface area contributed by atoms with Gasteiger partial charge in [0.05, 0.1) is 5.69 Å². The van der Waals surface area contributed by atoms with Crippen LogP contribution in [0.25, 0.3) is 17.1 Å². The van der Waals surface area contributed by atoms with Crippen LogP contribution in [-0.2, 0) is 0 Å². The van der Waals surface area contributed by atoms with Crippen LogP contribution in [0.2, 0.25) is 0 Å². The van der Waals surface area contributed by atoms with Crippen molar-refractivity contribution >= 4 is 5.69 Å². The highest BCUT2D eigenvalue weighted by molar-refractivity contribution is 5.62. The molecule has 0 radical (unpaired) electrons. The first-order valence-electron chi connectivity index (χ1n) is 5.74. The van der Waals surface area contributed by atoms with Gasteiger partial charge in [0.2, 0.25) is 0 Å². The van der Waals surface area contributed by atoms with Gasteiger partial charge in [-0.15, -0.1) is 5.10 Å². The Morgan fingerprint density at radius 1 is 1.00 bits per heavy atom. The maximum absolute atomic E-state index is 13.4. The van der Waals surface area contributed by atoms with Crippen molar-refractivity contribution in [3.63, 3.8) is 0 Å². The number of anilines is 1. The Morgan fingerprint density at radius 2 is 1.85 bits per heavy atom. The normalized spacial score (nSPS) is 10.7. The van der Waals surface area contributed by atoms with Crippen LogP contribution in [0.5, 0.6) is 0 Å². The highest BCUT2D eigenvalue weighted by atomic mass is 19.1. The van der Waals surface area contributed by atoms with Crippen LogP contribution in [0.4, 0.5) is 14.5 Å². The molecule has 0 saturated heterocycles. The lowest BCUT2D eigenvalue weighted by molar-refractivity contribution is 0.624. The molecule has 0 aliphatic rings. The third-order valence-electron chi connectivity index (χ3n) is 2.70. The lowest BCUT2D eigenvalue weighted by atomic mass is 10.2. The summed E-state index contributed by atoms with van der Waals surface area (Å²) in [6.45, 7) is 0. The van der Waals surface area contributed by atoms with Gasteiger partial charge in [0.1, 0.15) is 11.6 Å². The van der Waals surface area contributed by atoms with Gasteiger partial charge in [-0.1, -0.05) is 6.07 Å². The Balaban J connectivity index is 2.15. The SMILES string of the molecule is Nc1cc(F)cc(-c2nnnn2-c2cccc(F)c2)c1. The van der Waals surface area contributed by atoms with Gasteiger partial charge in [0, 0.05) is 11.3 Å². The Bertz CT molecular complexity index is 749. The van der Waals surface area contributed by atoms with Crippen LogP contribution in [0.1, 0.15) is 0 Å². The predicted molar refractivity (Wildman–Crippen MR) is 68.9 cm³/mol. The third-order valence-corrected chi connectivity index (χ3v) is 2.70. The number of nitrogens with two attached hydrogens (primary N) is 1. The molecule has 5 nitrogen and oxygen atoms in total. The van der Waals surface area contributed by atoms with E-state index in [0.717, 1.165) is 0 Å². The van der Waals surface area contributed by atoms with Crippen molar-refractivity contribution < 1.29 is 8.78 Å². The Labute approximate surface area is 112 Å². The summed E-state index contributed by atoms with van der Waals surface area (Å²) >= 11 is 0. The topological polar surface area (TPSA) is 69.6 Å². The number of benzene rings is 2. The van der Waals surface area contributed by atoms with Crippen LogP contribution in [0.15, 0.2) is 42.5 Å². The molecule has 3 rings (SSSR count). The van der Waals surface area contributed by atoms with Crippen LogP contribution in [-0.4, -0.2) is 20.2 Å². The number of halogens is 2. The molecule has 0 aliphatic carbocycles. The molecule has 0 saturated carbocycles. The Morgan fingerprint density at radius 3 is 2.60 bits per heavy atom. The molecule has 0 bridgehead atoms. The quantitative estimate of drug-likeness (QED) is 0.727. The zero-order valence-corrected chi connectivity index (χ0v) is 10.2. The van der Waals surface area contributed by atoms with Crippen molar-refractivity contribution in [2.75, 3.05) is 5.73 Å². The smallest absolute Gasteiger partial charge is 0.187 e. The maximum atomic E-state index is 13.4. The summed E-state index contributed by atoms with van der Waals surface area (Å²) in [6, 6.07) is 9.78. The van der Waals surface area contributed by atoms with Crippen LogP contribution in [0, 0.1) is 11.6 Å². The number of hydrogen-bond donors (Lipinski definition) is 1. The van der Waals surface area contributed by atoms with Gasteiger partial charge in [-0.05, 0) is 46.8 Å². The van der Waals surface area contributed by atoms with Crippen molar-refractivity contribution in [1.82, 2.24) is 20.2 Å². The molecule has 20 heavy (non-hydrogen) atoms. The van der Waals surface area contributed by atoms with Crippen molar-refractivity contribution in [3.8, 4) is 17.1 Å². The van der Waals surface area contributed by atoms with E-state index in [1.54, 1.807) is 12.1 Å². The molecule has 0 spiro atoms. The van der Waals surface area contributed by atoms with Gasteiger partial charge in [-0.25, -0.2) is 8.78 Å². The van der Waals surface area contributed by atoms with Crippen molar-refractivity contribution in [3.05, 3.63) is 54.1 Å². The minimum Gasteiger partial charge on any atom is -0.399 e. The van der Waals surface area contributed by atoms with E-state index in [2.05, 4.69) is 15.5 Å². The highest BCUT2D eigenvalue weighted by Crippen LogP contribution is 2.23. The lowest BCUT2D eigenvalue weighted by Crippen LogP contribution is -2.01. The number of nitrogen functional groups attached to an aromatic ring is 1. The zero-order chi connectivity index (χ0) is 14.1. The molecule has 2 N–H and O–H groups in total. The monoisotopic (exact) mass is 273 g/mol. The minimum absolute atomic E-state index is 0.258. The first kappa shape index (κ1) is 12.2. The van der Waals surface area contributed by atoms with Gasteiger partial charge in [-0.3, -0.25) is 0 Å². The van der Waals surface area contributed by atoms with E-state index < -0.39 is 11.6 Å². The Kier molecular flexibility index (Phi) is 2.86. The number of tetrazole rings is 1. The molecule has 1 aromatic heterocycles. The molecule has 3 aromatic rings. The fourth-order valence-corrected chi connectivity index (χ4v) is 1.89. The summed E-state index contributed by atoms with van der Waals surface area (Å²) in [7, 11) is 0. The van der Waals surface area contributed by atoms with E-state index >= 15 is 0 Å². The molecule has 0 amide bonds. The van der Waals surface area contributed by atoms with E-state index in [9.17, 15) is 8.78 Å². The number of rotatable bonds is 2. The highest BCUT2D eigenvalue weighted by Gasteiger charge is 2.12. The zero-order valence-electron chi connectivity index (χ0n) is 10.2. The first-order valence-corrected chi connectivity index (χ1v) is 5.74. The van der Waals surface area contributed by atoms with Gasteiger partial charge in [0.25, 0.3) is 0 Å². The van der Waals surface area contributed by atoms with E-state index in [1.807, 2.05) is 0 Å². The second-order valence-electron chi connectivity index (χ2n) is 4.17. The molecular formula is C13H9F2N5. The third kappa shape index (κ3) is 2.20. The van der Waals surface area contributed by atoms with Gasteiger partial charge < -0.3 is 5.73 Å². The van der Waals surface area contributed by atoms with Gasteiger partial charge in [0.15, 0.2) is 5.82 Å². The second kappa shape index (κ2) is 4.69. The average Bonchev–Trinajstić information content (AvgIpc) is 2.86. The van der Waals surface area contributed by atoms with E-state index in [-0.39, 0.29) is 11.5 Å². The van der Waals surface area contributed by atoms with Crippen molar-refractivity contribution in [1.29, 1.82) is 0 Å². The minimum atomic E-state index is -0.492. The summed E-state index contributed by atoms with van der Waals surface area (Å²) in [5.74, 6) is -0.627. The first-order chi connectivity index (χ1) is 9.63. The van der Waals surface area contributed by atoms with Crippen LogP contribution >= 0.6 is 0 Å². The molecule has 100 valence electrons. The van der Waals surface area contributed by atoms with Gasteiger partial charge in [-0.2, -0.15) is 4.68 Å². The number of hydrogen-bond acceptors (Lipinski definition) is 4. The standard InChI is InChI=1S/C13H9F2N5/c14-9-2-1-3-12(7-9)20-13(17-18-19-20)8-4-10(15)6-11(16)5-8/h1-7H,16H2. The fraction of sp³-hybridized carbons (Fsp3) is 0. The van der Waals surface area contributed by atoms with E-state index in [0.29, 0.717) is 11.3 Å². The molecule has 7 heteroatoms. The lowest BCUT2D eigenvalue weighted by Gasteiger charge is -2.05. The summed E-state index contributed by atoms with van der Waals surface area (Å²) < 4.78 is 28.0. The van der Waals surface area contributed by atoms with Crippen molar-refractivity contribution in [2.45, 2.75) is 0 Å².